The largest absolute Gasteiger partial charge is 0.512 e. The van der Waals surface area contributed by atoms with Crippen LogP contribution in [-0.4, -0.2) is 81.0 Å². The molecule has 0 atom stereocenters. The van der Waals surface area contributed by atoms with Crippen LogP contribution in [0, 0.1) is 24.3 Å². The summed E-state index contributed by atoms with van der Waals surface area (Å²) in [6.07, 6.45) is 12.6. The van der Waals surface area contributed by atoms with Crippen LogP contribution in [0.5, 0.6) is 11.5 Å². The number of benzene rings is 12. The molecule has 16 aromatic rings. The number of nitrogens with zero attached hydrogens (tertiary/aromatic N) is 6. The molecule has 22 heteroatoms. The van der Waals surface area contributed by atoms with E-state index < -0.39 is 5.92 Å². The van der Waals surface area contributed by atoms with Crippen molar-refractivity contribution in [3.63, 3.8) is 0 Å². The van der Waals surface area contributed by atoms with Gasteiger partial charge >= 0.3 is 0 Å². The Hall–Kier alpha value is -12.6. The van der Waals surface area contributed by atoms with Crippen molar-refractivity contribution in [2.24, 2.45) is 9.98 Å². The first kappa shape index (κ1) is 121. The minimum Gasteiger partial charge on any atom is -0.512 e. The van der Waals surface area contributed by atoms with Crippen molar-refractivity contribution < 1.29 is 155 Å². The number of carbonyl (C=O) groups is 4. The summed E-state index contributed by atoms with van der Waals surface area (Å²) in [6.45, 7) is 32.7. The number of rotatable bonds is 12. The fraction of sp³-hybridized carbons (Fsp3) is 0.203. The number of para-hydroxylation sites is 3. The maximum Gasteiger partial charge on any atom is 0.266 e. The molecular weight excluding hydrogens is 2710 g/mol. The quantitative estimate of drug-likeness (QED) is 0.0251. The van der Waals surface area contributed by atoms with Crippen LogP contribution in [-0.2, 0) is 148 Å². The monoisotopic (exact) mass is 2830 g/mol. The first-order valence-electron chi connectivity index (χ1n) is 46.2. The van der Waals surface area contributed by atoms with Crippen LogP contribution < -0.4 is 0 Å². The van der Waals surface area contributed by atoms with Gasteiger partial charge in [0.2, 0.25) is 0 Å². The number of aliphatic hydroxyl groups is 3. The number of halogens is 2. The Labute approximate surface area is 919 Å². The van der Waals surface area contributed by atoms with Crippen LogP contribution in [0.3, 0.4) is 0 Å². The summed E-state index contributed by atoms with van der Waals surface area (Å²) in [5, 5.41) is 53.1. The molecule has 0 amide bonds. The van der Waals surface area contributed by atoms with Gasteiger partial charge in [0.15, 0.2) is 23.1 Å². The van der Waals surface area contributed by atoms with Crippen molar-refractivity contribution in [3.05, 3.63) is 420 Å². The zero-order chi connectivity index (χ0) is 101. The number of allylic oxidation sites excluding steroid dienone is 6. The third kappa shape index (κ3) is 33.7. The third-order valence-corrected chi connectivity index (χ3v) is 22.6. The van der Waals surface area contributed by atoms with Crippen LogP contribution in [0.25, 0.3) is 99.7 Å². The molecule has 0 saturated heterocycles. The Bertz CT molecular complexity index is 6960. The van der Waals surface area contributed by atoms with E-state index in [9.17, 15) is 38.2 Å². The van der Waals surface area contributed by atoms with Gasteiger partial charge in [-0.1, -0.05) is 252 Å². The summed E-state index contributed by atoms with van der Waals surface area (Å²) in [7, 11) is 0. The predicted molar refractivity (Wildman–Crippen MR) is 566 cm³/mol. The maximum atomic E-state index is 14.6. The molecule has 2 aliphatic rings. The molecule has 0 fully saturated rings. The molecule has 0 saturated carbocycles. The smallest absolute Gasteiger partial charge is 0.266 e. The van der Waals surface area contributed by atoms with Gasteiger partial charge in [0, 0.05) is 185 Å². The molecule has 758 valence electrons. The molecule has 15 nitrogen and oxygen atoms in total. The molecule has 5 N–H and O–H groups in total. The second-order valence-electron chi connectivity index (χ2n) is 37.9. The van der Waals surface area contributed by atoms with Crippen molar-refractivity contribution in [1.29, 1.82) is 0 Å². The standard InChI is InChI=1S/C36H48N2O2.C21H14N.C17H12N.C16H8F2N.C15H10N.C8H10O3.2C5H8O2.4Ir.Pt/c1-33(2,3)25-17-23(31(39)27(19-25)35(7,8)9)21-37-29-15-13-14-16-30(29)38-22-24-18-26(34(4,5)6)20-28(32(24)40)36(10,11)12;1-3-9-16(10-4-1)19-15-18-13-7-8-14-20(18)22-21(19)17-11-5-2-6-12-17;1-2-7-14(8-3-1)15-9-6-10-16(13-15)17-11-4-5-12-18-17;17-16(18)12-6-2-1-5-11(12)15-14-10(8-9-19-15)4-3-7-13(14)16;1-2-7-13(8-3-1)15-14-9-5-4-6-12(14)10-11-16-15;1-5(9)8-6(10)3-2-4-7(8)11;2*1-4(6)3-5(2)7;;;;;/h13-22,39-40H,1-12H3;1-11,13-15H;1-9,11-13H;1-4,6-9H;1-7,9-11H;10H,2-4H2,1H3;2*3,6H,1-2H3;;;;;/q;4*-1;;;;;;;;. The normalized spacial score (nSPS) is 12.3. The number of aromatic nitrogens is 4. The fourth-order valence-corrected chi connectivity index (χ4v) is 15.5. The van der Waals surface area contributed by atoms with E-state index in [-0.39, 0.29) is 192 Å². The molecular formula is C123H118F2Ir4N6O9Pt-4. The summed E-state index contributed by atoms with van der Waals surface area (Å²) in [5.41, 5.74) is 19.0. The summed E-state index contributed by atoms with van der Waals surface area (Å²) in [5.74, 6) is -3.20. The summed E-state index contributed by atoms with van der Waals surface area (Å²) < 4.78 is 29.2. The van der Waals surface area contributed by atoms with E-state index in [4.69, 9.17) is 30.3 Å². The zero-order valence-electron chi connectivity index (χ0n) is 83.9. The summed E-state index contributed by atoms with van der Waals surface area (Å²) >= 11 is 0. The molecule has 18 rings (SSSR count). The van der Waals surface area contributed by atoms with Gasteiger partial charge in [-0.15, -0.1) is 137 Å². The van der Waals surface area contributed by atoms with Gasteiger partial charge < -0.3 is 40.5 Å². The SMILES string of the molecule is CC(=O)C1=C(O)CCCC1=O.CC(=O)C=C(C)O.CC(=O)C=C(C)O.CC(C)(C)c1cc(C=Nc2ccccc2N=Cc2cc(C(C)(C)C)cc(C(C)(C)C)c2O)c(O)c(C(C)(C)C)c1.FC1(F)c2ccc[c-]c2-c2nccc3cccc1c23.[Ir].[Ir].[Ir].[Ir].[Pt].[c-]1ccc(-c2ccccc2)cc1-c1ccccn1.[c-]1ccccc1-c1nc2ccccc2cc1-c1ccccc1.[c-]1ccccc1-c1nccc2ccccc12. The van der Waals surface area contributed by atoms with Crippen molar-refractivity contribution >= 4 is 79.4 Å². The Morgan fingerprint density at radius 3 is 1.37 bits per heavy atom. The molecule has 0 bridgehead atoms. The van der Waals surface area contributed by atoms with Crippen LogP contribution in [0.15, 0.2) is 361 Å². The molecule has 12 aromatic carbocycles. The van der Waals surface area contributed by atoms with Gasteiger partial charge in [-0.05, 0) is 189 Å². The van der Waals surface area contributed by atoms with E-state index in [1.54, 1.807) is 49.1 Å². The number of Topliss-reactive ketones (excluding diaryl/α,β-unsaturated/α-hetero) is 2. The first-order chi connectivity index (χ1) is 66.6. The molecule has 145 heavy (non-hydrogen) atoms. The minimum atomic E-state index is -3.00. The molecule has 4 aromatic heterocycles. The number of alkyl halides is 2. The zero-order valence-corrected chi connectivity index (χ0v) is 95.8. The second kappa shape index (κ2) is 55.6. The number of aliphatic imine (C=N–C) groups is 2. The van der Waals surface area contributed by atoms with Gasteiger partial charge in [0.05, 0.1) is 34.0 Å². The number of fused-ring (bicyclic) bond motifs is 4. The van der Waals surface area contributed by atoms with Crippen molar-refractivity contribution in [2.45, 2.75) is 165 Å². The number of phenols is 2. The Morgan fingerprint density at radius 1 is 0.414 bits per heavy atom. The van der Waals surface area contributed by atoms with E-state index in [2.05, 4.69) is 219 Å². The number of phenolic OH excluding ortho intramolecular Hbond substituents is 2. The average Bonchev–Trinajstić information content (AvgIpc) is 0.720. The number of aromatic hydroxyl groups is 2. The van der Waals surface area contributed by atoms with Crippen molar-refractivity contribution in [3.8, 4) is 78.8 Å². The van der Waals surface area contributed by atoms with Crippen LogP contribution in [0.1, 0.15) is 181 Å². The fourth-order valence-electron chi connectivity index (χ4n) is 15.5. The summed E-state index contributed by atoms with van der Waals surface area (Å²) in [6, 6.07) is 109. The predicted octanol–water partition coefficient (Wildman–Crippen LogP) is 30.4. The number of hydrogen-bond donors (Lipinski definition) is 5. The number of pyridine rings is 4. The first-order valence-corrected chi connectivity index (χ1v) is 46.2. The molecule has 0 unspecified atom stereocenters. The van der Waals surface area contributed by atoms with Crippen molar-refractivity contribution in [2.75, 3.05) is 0 Å². The van der Waals surface area contributed by atoms with E-state index in [1.807, 2.05) is 170 Å². The second-order valence-corrected chi connectivity index (χ2v) is 37.9. The Morgan fingerprint density at radius 2 is 0.883 bits per heavy atom. The molecule has 2 aliphatic carbocycles. The number of carbonyl (C=O) groups excluding carboxylic acids is 4. The molecule has 0 aliphatic heterocycles. The van der Waals surface area contributed by atoms with Gasteiger partial charge in [0.25, 0.3) is 5.92 Å². The van der Waals surface area contributed by atoms with Gasteiger partial charge in [-0.2, -0.15) is 0 Å². The number of hydrogen-bond acceptors (Lipinski definition) is 15. The van der Waals surface area contributed by atoms with E-state index in [0.29, 0.717) is 58.4 Å². The topological polar surface area (TPSA) is 246 Å². The minimum absolute atomic E-state index is 0. The number of aliphatic hydroxyl groups excluding tert-OH is 3. The van der Waals surface area contributed by atoms with E-state index in [0.717, 1.165) is 77.9 Å². The van der Waals surface area contributed by atoms with Crippen molar-refractivity contribution in [1.82, 2.24) is 19.9 Å². The Kier molecular flexibility index (Phi) is 46.5. The number of ketones is 4. The molecule has 4 heterocycles. The van der Waals surface area contributed by atoms with Gasteiger partial charge in [-0.3, -0.25) is 34.1 Å². The van der Waals surface area contributed by atoms with E-state index in [1.165, 1.54) is 86.4 Å². The molecule has 4 radical (unpaired) electrons. The maximum absolute atomic E-state index is 14.6. The Balaban J connectivity index is 0.000000267. The van der Waals surface area contributed by atoms with Crippen LogP contribution >= 0.6 is 0 Å². The van der Waals surface area contributed by atoms with Crippen LogP contribution in [0.4, 0.5) is 20.2 Å². The summed E-state index contributed by atoms with van der Waals surface area (Å²) in [4.78, 5) is 69.3. The average molecular weight is 2830 g/mol. The van der Waals surface area contributed by atoms with Crippen LogP contribution in [0.2, 0.25) is 0 Å². The van der Waals surface area contributed by atoms with Gasteiger partial charge in [-0.25, -0.2) is 8.78 Å². The third-order valence-electron chi connectivity index (χ3n) is 22.6. The molecule has 0 spiro atoms. The van der Waals surface area contributed by atoms with E-state index >= 15 is 0 Å². The van der Waals surface area contributed by atoms with Gasteiger partial charge in [0.1, 0.15) is 17.3 Å².